The van der Waals surface area contributed by atoms with Crippen LogP contribution in [0.3, 0.4) is 0 Å². The highest BCUT2D eigenvalue weighted by Gasteiger charge is 2.40. The van der Waals surface area contributed by atoms with E-state index in [4.69, 9.17) is 14.2 Å². The fraction of sp³-hybridized carbons (Fsp3) is 0.583. The number of carboxylic acids is 1. The van der Waals surface area contributed by atoms with Gasteiger partial charge in [0.05, 0.1) is 20.3 Å². The first-order valence-corrected chi connectivity index (χ1v) is 5.73. The Morgan fingerprint density at radius 3 is 2.05 bits per heavy atom. The number of methoxy groups -OCH3 is 2. The van der Waals surface area contributed by atoms with Gasteiger partial charge in [0.1, 0.15) is 0 Å². The highest BCUT2D eigenvalue weighted by molar-refractivity contribution is 5.77. The van der Waals surface area contributed by atoms with E-state index in [1.807, 2.05) is 0 Å². The van der Waals surface area contributed by atoms with Gasteiger partial charge in [-0.05, 0) is 6.92 Å². The lowest BCUT2D eigenvalue weighted by atomic mass is 9.92. The second kappa shape index (κ2) is 5.73. The summed E-state index contributed by atoms with van der Waals surface area (Å²) in [5.74, 6) is -0.893. The molecule has 1 rings (SSSR count). The van der Waals surface area contributed by atoms with Gasteiger partial charge < -0.3 is 19.3 Å². The highest BCUT2D eigenvalue weighted by Crippen LogP contribution is 2.26. The molecule has 0 amide bonds. The van der Waals surface area contributed by atoms with Crippen molar-refractivity contribution in [3.8, 4) is 17.8 Å². The Morgan fingerprint density at radius 2 is 1.74 bits per heavy atom. The van der Waals surface area contributed by atoms with Gasteiger partial charge in [0.25, 0.3) is 0 Å². The van der Waals surface area contributed by atoms with E-state index in [2.05, 4.69) is 9.97 Å². The van der Waals surface area contributed by atoms with Crippen molar-refractivity contribution >= 4 is 5.97 Å². The predicted molar refractivity (Wildman–Crippen MR) is 66.6 cm³/mol. The quantitative estimate of drug-likeness (QED) is 0.834. The minimum Gasteiger partial charge on any atom is -0.481 e. The molecule has 0 unspecified atom stereocenters. The number of aliphatic carboxylic acids is 1. The van der Waals surface area contributed by atoms with E-state index in [9.17, 15) is 9.90 Å². The van der Waals surface area contributed by atoms with Crippen molar-refractivity contribution in [1.82, 2.24) is 9.97 Å². The molecule has 0 aliphatic heterocycles. The third-order valence-corrected chi connectivity index (χ3v) is 2.91. The number of rotatable bonds is 6. The van der Waals surface area contributed by atoms with E-state index in [0.717, 1.165) is 0 Å². The van der Waals surface area contributed by atoms with Crippen LogP contribution in [-0.4, -0.2) is 40.9 Å². The Hall–Kier alpha value is -2.05. The number of hydrogen-bond donors (Lipinski definition) is 1. The molecule has 0 radical (unpaired) electrons. The Bertz CT molecular complexity index is 441. The number of ether oxygens (including phenoxy) is 3. The molecular weight excluding hydrogens is 252 g/mol. The molecule has 0 fully saturated rings. The SMILES string of the molecule is COc1cc(OC)nc(O[C@](C)(C(=O)O)C(C)C)n1. The number of aromatic nitrogens is 2. The van der Waals surface area contributed by atoms with Crippen LogP contribution in [0.1, 0.15) is 20.8 Å². The number of nitrogens with zero attached hydrogens (tertiary/aromatic N) is 2. The van der Waals surface area contributed by atoms with Crippen LogP contribution < -0.4 is 14.2 Å². The molecule has 0 spiro atoms. The molecule has 0 saturated carbocycles. The van der Waals surface area contributed by atoms with Crippen LogP contribution in [0.25, 0.3) is 0 Å². The predicted octanol–water partition coefficient (Wildman–Crippen LogP) is 1.37. The molecule has 1 N–H and O–H groups in total. The van der Waals surface area contributed by atoms with E-state index in [-0.39, 0.29) is 23.7 Å². The summed E-state index contributed by atoms with van der Waals surface area (Å²) >= 11 is 0. The van der Waals surface area contributed by atoms with Gasteiger partial charge in [0, 0.05) is 5.92 Å². The second-order valence-electron chi connectivity index (χ2n) is 4.40. The molecule has 7 nitrogen and oxygen atoms in total. The molecule has 1 aromatic heterocycles. The van der Waals surface area contributed by atoms with Crippen LogP contribution in [0.15, 0.2) is 6.07 Å². The highest BCUT2D eigenvalue weighted by atomic mass is 16.5. The van der Waals surface area contributed by atoms with Gasteiger partial charge in [-0.25, -0.2) is 4.79 Å². The molecule has 1 heterocycles. The van der Waals surface area contributed by atoms with Crippen LogP contribution in [0.5, 0.6) is 17.8 Å². The summed E-state index contributed by atoms with van der Waals surface area (Å²) in [5, 5.41) is 9.27. The van der Waals surface area contributed by atoms with E-state index >= 15 is 0 Å². The summed E-state index contributed by atoms with van der Waals surface area (Å²) in [6.45, 7) is 4.95. The van der Waals surface area contributed by atoms with Crippen LogP contribution >= 0.6 is 0 Å². The average molecular weight is 270 g/mol. The van der Waals surface area contributed by atoms with Crippen LogP contribution in [0, 0.1) is 5.92 Å². The zero-order valence-electron chi connectivity index (χ0n) is 11.6. The topological polar surface area (TPSA) is 90.8 Å². The number of hydrogen-bond acceptors (Lipinski definition) is 6. The van der Waals surface area contributed by atoms with Crippen molar-refractivity contribution in [3.05, 3.63) is 6.07 Å². The molecule has 0 aromatic carbocycles. The van der Waals surface area contributed by atoms with Gasteiger partial charge in [0.15, 0.2) is 0 Å². The smallest absolute Gasteiger partial charge is 0.348 e. The van der Waals surface area contributed by atoms with Gasteiger partial charge >= 0.3 is 12.0 Å². The molecule has 1 atom stereocenters. The van der Waals surface area contributed by atoms with Crippen molar-refractivity contribution in [2.45, 2.75) is 26.4 Å². The van der Waals surface area contributed by atoms with E-state index in [0.29, 0.717) is 0 Å². The zero-order chi connectivity index (χ0) is 14.6. The average Bonchev–Trinajstić information content (AvgIpc) is 2.37. The molecule has 1 aromatic rings. The Balaban J connectivity index is 3.13. The summed E-state index contributed by atoms with van der Waals surface area (Å²) in [5.41, 5.74) is -1.43. The van der Waals surface area contributed by atoms with Crippen molar-refractivity contribution in [3.63, 3.8) is 0 Å². The third-order valence-electron chi connectivity index (χ3n) is 2.91. The van der Waals surface area contributed by atoms with Crippen LogP contribution in [0.4, 0.5) is 0 Å². The summed E-state index contributed by atoms with van der Waals surface area (Å²) in [6.07, 6.45) is 0. The minimum atomic E-state index is -1.43. The lowest BCUT2D eigenvalue weighted by molar-refractivity contribution is -0.158. The van der Waals surface area contributed by atoms with Crippen molar-refractivity contribution in [2.24, 2.45) is 5.92 Å². The fourth-order valence-electron chi connectivity index (χ4n) is 1.24. The van der Waals surface area contributed by atoms with Crippen molar-refractivity contribution < 1.29 is 24.1 Å². The fourth-order valence-corrected chi connectivity index (χ4v) is 1.24. The van der Waals surface area contributed by atoms with Gasteiger partial charge in [-0.15, -0.1) is 0 Å². The summed E-state index contributed by atoms with van der Waals surface area (Å²) in [7, 11) is 2.87. The monoisotopic (exact) mass is 270 g/mol. The van der Waals surface area contributed by atoms with Crippen molar-refractivity contribution in [1.29, 1.82) is 0 Å². The largest absolute Gasteiger partial charge is 0.481 e. The van der Waals surface area contributed by atoms with Crippen molar-refractivity contribution in [2.75, 3.05) is 14.2 Å². The molecule has 19 heavy (non-hydrogen) atoms. The standard InChI is InChI=1S/C12H18N2O5/c1-7(2)12(3,10(15)16)19-11-13-8(17-4)6-9(14-11)18-5/h6-7H,1-5H3,(H,15,16)/t12-/m0/s1. The van der Waals surface area contributed by atoms with Gasteiger partial charge in [-0.3, -0.25) is 0 Å². The Labute approximate surface area is 111 Å². The molecular formula is C12H18N2O5. The third kappa shape index (κ3) is 3.24. The second-order valence-corrected chi connectivity index (χ2v) is 4.40. The molecule has 0 aliphatic carbocycles. The lowest BCUT2D eigenvalue weighted by Gasteiger charge is -2.28. The molecule has 106 valence electrons. The van der Waals surface area contributed by atoms with Crippen LogP contribution in [0.2, 0.25) is 0 Å². The Kier molecular flexibility index (Phi) is 4.52. The van der Waals surface area contributed by atoms with Gasteiger partial charge in [-0.1, -0.05) is 13.8 Å². The molecule has 7 heteroatoms. The summed E-state index contributed by atoms with van der Waals surface area (Å²) in [4.78, 5) is 19.2. The van der Waals surface area contributed by atoms with E-state index in [1.54, 1.807) is 13.8 Å². The number of carbonyl (C=O) groups is 1. The minimum absolute atomic E-state index is 0.102. The maximum Gasteiger partial charge on any atom is 0.348 e. The van der Waals surface area contributed by atoms with E-state index in [1.165, 1.54) is 27.2 Å². The summed E-state index contributed by atoms with van der Waals surface area (Å²) < 4.78 is 15.4. The Morgan fingerprint density at radius 1 is 1.26 bits per heavy atom. The normalized spacial score (nSPS) is 13.8. The lowest BCUT2D eigenvalue weighted by Crippen LogP contribution is -2.46. The van der Waals surface area contributed by atoms with Gasteiger partial charge in [-0.2, -0.15) is 9.97 Å². The molecule has 0 bridgehead atoms. The van der Waals surface area contributed by atoms with Crippen LogP contribution in [-0.2, 0) is 4.79 Å². The maximum absolute atomic E-state index is 11.3. The van der Waals surface area contributed by atoms with Gasteiger partial charge in [0.2, 0.25) is 17.4 Å². The summed E-state index contributed by atoms with van der Waals surface area (Å²) in [6, 6.07) is 1.37. The molecule has 0 saturated heterocycles. The first-order chi connectivity index (χ1) is 8.83. The molecule has 0 aliphatic rings. The van der Waals surface area contributed by atoms with E-state index < -0.39 is 11.6 Å². The maximum atomic E-state index is 11.3. The number of carboxylic acid groups (broad SMARTS) is 1. The zero-order valence-corrected chi connectivity index (χ0v) is 11.6. The first-order valence-electron chi connectivity index (χ1n) is 5.73. The first kappa shape index (κ1) is 15.0.